The van der Waals surface area contributed by atoms with Crippen LogP contribution in [0.3, 0.4) is 0 Å². The van der Waals surface area contributed by atoms with Crippen molar-refractivity contribution in [2.24, 2.45) is 5.41 Å². The van der Waals surface area contributed by atoms with Crippen LogP contribution in [0.25, 0.3) is 10.8 Å². The second-order valence-electron chi connectivity index (χ2n) is 9.62. The highest BCUT2D eigenvalue weighted by Gasteiger charge is 2.25. The van der Waals surface area contributed by atoms with Crippen molar-refractivity contribution in [3.63, 3.8) is 0 Å². The lowest BCUT2D eigenvalue weighted by Crippen LogP contribution is -2.41. The van der Waals surface area contributed by atoms with E-state index in [1.165, 1.54) is 16.3 Å². The number of halogens is 1. The molecule has 0 bridgehead atoms. The Balaban J connectivity index is 1.87. The standard InChI is InChI=1S/C26H32ClNO/c1-25(2,3)18-26(4,5)28-16-22-21-12-8-6-10-19(21)14-15-24(22)29-17-20-11-7-9-13-23(20)27/h6-15,28H,16-18H2,1-5H3. The fourth-order valence-electron chi connectivity index (χ4n) is 4.12. The molecule has 0 aliphatic heterocycles. The molecule has 3 aromatic carbocycles. The summed E-state index contributed by atoms with van der Waals surface area (Å²) in [6, 6.07) is 20.5. The summed E-state index contributed by atoms with van der Waals surface area (Å²) in [6.07, 6.45) is 1.08. The summed E-state index contributed by atoms with van der Waals surface area (Å²) in [7, 11) is 0. The normalized spacial score (nSPS) is 12.3. The van der Waals surface area contributed by atoms with E-state index in [4.69, 9.17) is 16.3 Å². The van der Waals surface area contributed by atoms with Crippen molar-refractivity contribution < 1.29 is 4.74 Å². The summed E-state index contributed by atoms with van der Waals surface area (Å²) < 4.78 is 6.25. The van der Waals surface area contributed by atoms with Crippen LogP contribution >= 0.6 is 11.6 Å². The number of ether oxygens (including phenoxy) is 1. The van der Waals surface area contributed by atoms with Gasteiger partial charge >= 0.3 is 0 Å². The Kier molecular flexibility index (Phi) is 6.55. The van der Waals surface area contributed by atoms with E-state index in [1.54, 1.807) is 0 Å². The Morgan fingerprint density at radius 3 is 2.28 bits per heavy atom. The van der Waals surface area contributed by atoms with Gasteiger partial charge in [0.1, 0.15) is 12.4 Å². The van der Waals surface area contributed by atoms with Gasteiger partial charge in [-0.3, -0.25) is 0 Å². The molecule has 3 aromatic rings. The van der Waals surface area contributed by atoms with E-state index in [9.17, 15) is 0 Å². The summed E-state index contributed by atoms with van der Waals surface area (Å²) in [5, 5.41) is 6.95. The average Bonchev–Trinajstić information content (AvgIpc) is 2.64. The minimum atomic E-state index is 0.0230. The molecule has 0 saturated heterocycles. The minimum absolute atomic E-state index is 0.0230. The monoisotopic (exact) mass is 409 g/mol. The number of fused-ring (bicyclic) bond motifs is 1. The Hall–Kier alpha value is -2.03. The first-order valence-electron chi connectivity index (χ1n) is 10.3. The van der Waals surface area contributed by atoms with Gasteiger partial charge in [-0.2, -0.15) is 0 Å². The molecule has 0 atom stereocenters. The minimum Gasteiger partial charge on any atom is -0.488 e. The third-order valence-electron chi connectivity index (χ3n) is 5.05. The maximum atomic E-state index is 6.32. The Morgan fingerprint density at radius 2 is 1.55 bits per heavy atom. The van der Waals surface area contributed by atoms with Gasteiger partial charge in [0.2, 0.25) is 0 Å². The van der Waals surface area contributed by atoms with Crippen LogP contribution in [0.4, 0.5) is 0 Å². The zero-order valence-electron chi connectivity index (χ0n) is 18.2. The molecular weight excluding hydrogens is 378 g/mol. The predicted molar refractivity (Wildman–Crippen MR) is 125 cm³/mol. The van der Waals surface area contributed by atoms with Crippen molar-refractivity contribution >= 4 is 22.4 Å². The summed E-state index contributed by atoms with van der Waals surface area (Å²) in [4.78, 5) is 0. The average molecular weight is 410 g/mol. The number of hydrogen-bond donors (Lipinski definition) is 1. The highest BCUT2D eigenvalue weighted by molar-refractivity contribution is 6.31. The van der Waals surface area contributed by atoms with E-state index in [0.717, 1.165) is 29.3 Å². The van der Waals surface area contributed by atoms with Gasteiger partial charge in [0.15, 0.2) is 0 Å². The highest BCUT2D eigenvalue weighted by atomic mass is 35.5. The zero-order valence-corrected chi connectivity index (χ0v) is 18.9. The van der Waals surface area contributed by atoms with Crippen molar-refractivity contribution in [1.82, 2.24) is 5.32 Å². The van der Waals surface area contributed by atoms with Gasteiger partial charge in [0.05, 0.1) is 0 Å². The second-order valence-corrected chi connectivity index (χ2v) is 10.0. The maximum absolute atomic E-state index is 6.32. The first kappa shape index (κ1) is 21.7. The zero-order chi connectivity index (χ0) is 21.1. The number of nitrogens with one attached hydrogen (secondary N) is 1. The molecular formula is C26H32ClNO. The molecule has 0 aliphatic carbocycles. The lowest BCUT2D eigenvalue weighted by molar-refractivity contribution is 0.239. The van der Waals surface area contributed by atoms with Crippen molar-refractivity contribution in [3.05, 3.63) is 76.8 Å². The van der Waals surface area contributed by atoms with Gasteiger partial charge < -0.3 is 10.1 Å². The molecule has 29 heavy (non-hydrogen) atoms. The summed E-state index contributed by atoms with van der Waals surface area (Å²) in [5.74, 6) is 0.905. The number of rotatable bonds is 7. The van der Waals surface area contributed by atoms with Gasteiger partial charge in [-0.1, -0.05) is 80.9 Å². The van der Waals surface area contributed by atoms with Gasteiger partial charge in [0, 0.05) is 28.2 Å². The van der Waals surface area contributed by atoms with Crippen LogP contribution in [0.2, 0.25) is 5.02 Å². The van der Waals surface area contributed by atoms with Gasteiger partial charge in [-0.05, 0) is 48.6 Å². The fraction of sp³-hybridized carbons (Fsp3) is 0.385. The van der Waals surface area contributed by atoms with E-state index in [2.05, 4.69) is 76.3 Å². The number of hydrogen-bond acceptors (Lipinski definition) is 2. The van der Waals surface area contributed by atoms with Crippen LogP contribution in [0.1, 0.15) is 52.2 Å². The van der Waals surface area contributed by atoms with Crippen LogP contribution in [0.5, 0.6) is 5.75 Å². The Labute approximate surface area is 180 Å². The first-order chi connectivity index (χ1) is 13.6. The molecule has 2 nitrogen and oxygen atoms in total. The molecule has 0 aliphatic rings. The largest absolute Gasteiger partial charge is 0.488 e. The molecule has 0 fully saturated rings. The van der Waals surface area contributed by atoms with Gasteiger partial charge in [-0.25, -0.2) is 0 Å². The van der Waals surface area contributed by atoms with Crippen LogP contribution in [-0.4, -0.2) is 5.54 Å². The molecule has 0 radical (unpaired) electrons. The highest BCUT2D eigenvalue weighted by Crippen LogP contribution is 2.32. The first-order valence-corrected chi connectivity index (χ1v) is 10.6. The van der Waals surface area contributed by atoms with Crippen molar-refractivity contribution in [3.8, 4) is 5.75 Å². The molecule has 154 valence electrons. The summed E-state index contributed by atoms with van der Waals surface area (Å²) >= 11 is 6.32. The molecule has 3 heteroatoms. The quantitative estimate of drug-likeness (QED) is 0.439. The SMILES string of the molecule is CC(C)(C)CC(C)(C)NCc1c(OCc2ccccc2Cl)ccc2ccccc12. The molecule has 0 unspecified atom stereocenters. The Bertz CT molecular complexity index is 972. The van der Waals surface area contributed by atoms with Crippen LogP contribution in [-0.2, 0) is 13.2 Å². The maximum Gasteiger partial charge on any atom is 0.124 e. The molecule has 0 amide bonds. The van der Waals surface area contributed by atoms with Crippen molar-refractivity contribution in [2.75, 3.05) is 0 Å². The fourth-order valence-corrected chi connectivity index (χ4v) is 4.31. The van der Waals surface area contributed by atoms with E-state index in [-0.39, 0.29) is 11.0 Å². The lowest BCUT2D eigenvalue weighted by atomic mass is 9.81. The smallest absolute Gasteiger partial charge is 0.124 e. The van der Waals surface area contributed by atoms with Gasteiger partial charge in [0.25, 0.3) is 0 Å². The van der Waals surface area contributed by atoms with Crippen molar-refractivity contribution in [1.29, 1.82) is 0 Å². The van der Waals surface area contributed by atoms with E-state index < -0.39 is 0 Å². The third-order valence-corrected chi connectivity index (χ3v) is 5.42. The predicted octanol–water partition coefficient (Wildman–Crippen LogP) is 7.38. The van der Waals surface area contributed by atoms with Crippen molar-refractivity contribution in [2.45, 2.75) is 59.7 Å². The van der Waals surface area contributed by atoms with Crippen LogP contribution in [0.15, 0.2) is 60.7 Å². The molecule has 0 spiro atoms. The molecule has 0 saturated carbocycles. The lowest BCUT2D eigenvalue weighted by Gasteiger charge is -2.34. The molecule has 1 N–H and O–H groups in total. The van der Waals surface area contributed by atoms with Gasteiger partial charge in [-0.15, -0.1) is 0 Å². The van der Waals surface area contributed by atoms with Crippen LogP contribution in [0, 0.1) is 5.41 Å². The molecule has 0 aromatic heterocycles. The summed E-state index contributed by atoms with van der Waals surface area (Å²) in [6.45, 7) is 12.6. The van der Waals surface area contributed by atoms with E-state index >= 15 is 0 Å². The van der Waals surface area contributed by atoms with E-state index in [0.29, 0.717) is 6.61 Å². The Morgan fingerprint density at radius 1 is 0.862 bits per heavy atom. The third kappa shape index (κ3) is 5.98. The summed E-state index contributed by atoms with van der Waals surface area (Å²) in [5.41, 5.74) is 2.47. The van der Waals surface area contributed by atoms with Crippen LogP contribution < -0.4 is 10.1 Å². The topological polar surface area (TPSA) is 21.3 Å². The molecule has 0 heterocycles. The second kappa shape index (κ2) is 8.77. The van der Waals surface area contributed by atoms with E-state index in [1.807, 2.05) is 24.3 Å². The number of benzene rings is 3. The molecule has 3 rings (SSSR count).